The Kier molecular flexibility index (Phi) is 2.51. The molecule has 1 aliphatic rings. The lowest BCUT2D eigenvalue weighted by molar-refractivity contribution is 0.297. The maximum atomic E-state index is 5.72. The van der Waals surface area contributed by atoms with E-state index < -0.39 is 0 Å². The molecule has 0 bridgehead atoms. The molecule has 20 heavy (non-hydrogen) atoms. The number of fused-ring (bicyclic) bond motifs is 2. The van der Waals surface area contributed by atoms with Crippen LogP contribution in [0.15, 0.2) is 36.8 Å². The van der Waals surface area contributed by atoms with Gasteiger partial charge in [0.25, 0.3) is 5.78 Å². The van der Waals surface area contributed by atoms with Crippen LogP contribution in [0.2, 0.25) is 0 Å². The van der Waals surface area contributed by atoms with Crippen LogP contribution >= 0.6 is 0 Å². The van der Waals surface area contributed by atoms with E-state index in [9.17, 15) is 0 Å². The molecule has 6 nitrogen and oxygen atoms in total. The Morgan fingerprint density at radius 3 is 2.85 bits per heavy atom. The number of benzene rings is 1. The van der Waals surface area contributed by atoms with Gasteiger partial charge in [-0.3, -0.25) is 0 Å². The number of rotatable bonds is 1. The van der Waals surface area contributed by atoms with Gasteiger partial charge in [-0.1, -0.05) is 0 Å². The Bertz CT molecular complexity index is 769. The molecule has 0 spiro atoms. The van der Waals surface area contributed by atoms with Crippen molar-refractivity contribution in [3.8, 4) is 22.8 Å². The van der Waals surface area contributed by atoms with Gasteiger partial charge in [-0.25, -0.2) is 4.98 Å². The van der Waals surface area contributed by atoms with Crippen molar-refractivity contribution < 1.29 is 9.47 Å². The predicted molar refractivity (Wildman–Crippen MR) is 71.8 cm³/mol. The van der Waals surface area contributed by atoms with Crippen molar-refractivity contribution in [2.45, 2.75) is 6.42 Å². The van der Waals surface area contributed by atoms with E-state index in [4.69, 9.17) is 9.47 Å². The summed E-state index contributed by atoms with van der Waals surface area (Å²) in [6, 6.07) is 7.79. The highest BCUT2D eigenvalue weighted by molar-refractivity contribution is 5.65. The molecule has 0 amide bonds. The number of aromatic nitrogens is 4. The molecule has 0 radical (unpaired) electrons. The third kappa shape index (κ3) is 1.77. The maximum absolute atomic E-state index is 5.72. The SMILES string of the molecule is c1cc(-c2ccc3c(c2)OCCCO3)n2ncnc2n1. The highest BCUT2D eigenvalue weighted by Gasteiger charge is 2.13. The Hall–Kier alpha value is -2.63. The molecule has 0 N–H and O–H groups in total. The summed E-state index contributed by atoms with van der Waals surface area (Å²) in [5.41, 5.74) is 1.91. The molecule has 6 heteroatoms. The molecule has 3 aromatic rings. The number of nitrogens with zero attached hydrogens (tertiary/aromatic N) is 4. The van der Waals surface area contributed by atoms with Crippen LogP contribution in [0.4, 0.5) is 0 Å². The smallest absolute Gasteiger partial charge is 0.252 e. The van der Waals surface area contributed by atoms with Gasteiger partial charge in [0.15, 0.2) is 11.5 Å². The first kappa shape index (κ1) is 11.2. The van der Waals surface area contributed by atoms with Crippen molar-refractivity contribution in [2.24, 2.45) is 0 Å². The molecule has 1 aliphatic heterocycles. The molecule has 0 atom stereocenters. The highest BCUT2D eigenvalue weighted by atomic mass is 16.5. The topological polar surface area (TPSA) is 61.5 Å². The molecule has 1 aromatic carbocycles. The summed E-state index contributed by atoms with van der Waals surface area (Å²) in [5, 5.41) is 4.20. The fourth-order valence-corrected chi connectivity index (χ4v) is 2.28. The van der Waals surface area contributed by atoms with Gasteiger partial charge < -0.3 is 9.47 Å². The molecule has 0 fully saturated rings. The van der Waals surface area contributed by atoms with Crippen molar-refractivity contribution >= 4 is 5.78 Å². The second-order valence-corrected chi connectivity index (χ2v) is 4.51. The van der Waals surface area contributed by atoms with Crippen molar-refractivity contribution in [3.05, 3.63) is 36.8 Å². The molecule has 0 saturated heterocycles. The third-order valence-corrected chi connectivity index (χ3v) is 3.22. The summed E-state index contributed by atoms with van der Waals surface area (Å²) in [4.78, 5) is 8.26. The molecular weight excluding hydrogens is 256 g/mol. The highest BCUT2D eigenvalue weighted by Crippen LogP contribution is 2.33. The second kappa shape index (κ2) is 4.48. The Labute approximate surface area is 115 Å². The summed E-state index contributed by atoms with van der Waals surface area (Å²) in [6.45, 7) is 1.36. The van der Waals surface area contributed by atoms with Gasteiger partial charge in [0.05, 0.1) is 18.9 Å². The zero-order chi connectivity index (χ0) is 13.4. The lowest BCUT2D eigenvalue weighted by Crippen LogP contribution is -1.97. The van der Waals surface area contributed by atoms with Crippen molar-refractivity contribution in [1.29, 1.82) is 0 Å². The summed E-state index contributed by atoms with van der Waals surface area (Å²) in [5.74, 6) is 2.13. The molecule has 2 aromatic heterocycles. The van der Waals surface area contributed by atoms with Crippen LogP contribution in [0, 0.1) is 0 Å². The van der Waals surface area contributed by atoms with E-state index in [-0.39, 0.29) is 0 Å². The minimum atomic E-state index is 0.578. The van der Waals surface area contributed by atoms with E-state index in [1.54, 1.807) is 10.7 Å². The van der Waals surface area contributed by atoms with Crippen LogP contribution in [-0.2, 0) is 0 Å². The molecule has 0 unspecified atom stereocenters. The minimum absolute atomic E-state index is 0.578. The molecule has 4 rings (SSSR count). The van der Waals surface area contributed by atoms with E-state index in [1.807, 2.05) is 24.3 Å². The Balaban J connectivity index is 1.86. The summed E-state index contributed by atoms with van der Waals surface area (Å²) < 4.78 is 13.1. The zero-order valence-corrected chi connectivity index (χ0v) is 10.7. The third-order valence-electron chi connectivity index (χ3n) is 3.22. The number of hydrogen-bond acceptors (Lipinski definition) is 5. The van der Waals surface area contributed by atoms with E-state index in [1.165, 1.54) is 6.33 Å². The largest absolute Gasteiger partial charge is 0.490 e. The van der Waals surface area contributed by atoms with Crippen LogP contribution in [0.25, 0.3) is 17.0 Å². The zero-order valence-electron chi connectivity index (χ0n) is 10.7. The summed E-state index contributed by atoms with van der Waals surface area (Å²) in [7, 11) is 0. The number of ether oxygens (including phenoxy) is 2. The molecule has 0 aliphatic carbocycles. The monoisotopic (exact) mass is 268 g/mol. The Morgan fingerprint density at radius 1 is 1.00 bits per heavy atom. The van der Waals surface area contributed by atoms with E-state index in [0.717, 1.165) is 29.2 Å². The van der Waals surface area contributed by atoms with Crippen LogP contribution in [0.3, 0.4) is 0 Å². The molecule has 0 saturated carbocycles. The maximum Gasteiger partial charge on any atom is 0.252 e. The van der Waals surface area contributed by atoms with Crippen LogP contribution < -0.4 is 9.47 Å². The molecule has 3 heterocycles. The first-order valence-electron chi connectivity index (χ1n) is 6.46. The van der Waals surface area contributed by atoms with E-state index in [0.29, 0.717) is 19.0 Å². The first-order valence-corrected chi connectivity index (χ1v) is 6.46. The minimum Gasteiger partial charge on any atom is -0.490 e. The van der Waals surface area contributed by atoms with Crippen LogP contribution in [0.5, 0.6) is 11.5 Å². The van der Waals surface area contributed by atoms with Gasteiger partial charge in [-0.05, 0) is 24.3 Å². The average Bonchev–Trinajstić information content (AvgIpc) is 2.84. The summed E-state index contributed by atoms with van der Waals surface area (Å²) >= 11 is 0. The lowest BCUT2D eigenvalue weighted by atomic mass is 10.1. The van der Waals surface area contributed by atoms with Crippen LogP contribution in [0.1, 0.15) is 6.42 Å². The van der Waals surface area contributed by atoms with Gasteiger partial charge in [-0.15, -0.1) is 0 Å². The molecule has 100 valence electrons. The predicted octanol–water partition coefficient (Wildman–Crippen LogP) is 1.95. The fourth-order valence-electron chi connectivity index (χ4n) is 2.28. The van der Waals surface area contributed by atoms with Crippen molar-refractivity contribution in [3.63, 3.8) is 0 Å². The van der Waals surface area contributed by atoms with Gasteiger partial charge in [0.1, 0.15) is 6.33 Å². The van der Waals surface area contributed by atoms with Gasteiger partial charge in [-0.2, -0.15) is 14.6 Å². The van der Waals surface area contributed by atoms with Gasteiger partial charge in [0, 0.05) is 18.2 Å². The second-order valence-electron chi connectivity index (χ2n) is 4.51. The Morgan fingerprint density at radius 2 is 1.90 bits per heavy atom. The van der Waals surface area contributed by atoms with E-state index in [2.05, 4.69) is 15.1 Å². The average molecular weight is 268 g/mol. The standard InChI is InChI=1S/C14H12N4O2/c1-6-19-12-3-2-10(8-13(12)20-7-1)11-4-5-15-14-16-9-17-18(11)14/h2-5,8-9H,1,6-7H2. The quantitative estimate of drug-likeness (QED) is 0.675. The van der Waals surface area contributed by atoms with Crippen molar-refractivity contribution in [1.82, 2.24) is 19.6 Å². The van der Waals surface area contributed by atoms with Gasteiger partial charge in [0.2, 0.25) is 0 Å². The fraction of sp³-hybridized carbons (Fsp3) is 0.214. The van der Waals surface area contributed by atoms with Crippen molar-refractivity contribution in [2.75, 3.05) is 13.2 Å². The van der Waals surface area contributed by atoms with Crippen LogP contribution in [-0.4, -0.2) is 32.8 Å². The summed E-state index contributed by atoms with van der Waals surface area (Å²) in [6.07, 6.45) is 4.11. The number of hydrogen-bond donors (Lipinski definition) is 0. The lowest BCUT2D eigenvalue weighted by Gasteiger charge is -2.10. The molecular formula is C14H12N4O2. The van der Waals surface area contributed by atoms with E-state index >= 15 is 0 Å². The normalized spacial score (nSPS) is 14.2. The van der Waals surface area contributed by atoms with Gasteiger partial charge >= 0.3 is 0 Å². The first-order chi connectivity index (χ1) is 9.92.